The zero-order chi connectivity index (χ0) is 18.7. The molecule has 5 nitrogen and oxygen atoms in total. The van der Waals surface area contributed by atoms with Gasteiger partial charge >= 0.3 is 0 Å². The summed E-state index contributed by atoms with van der Waals surface area (Å²) in [5, 5.41) is -0.253. The lowest BCUT2D eigenvalue weighted by atomic mass is 10.2. The van der Waals surface area contributed by atoms with Crippen LogP contribution >= 0.6 is 15.9 Å². The minimum Gasteiger partial charge on any atom is -0.439 e. The molecule has 0 saturated heterocycles. The van der Waals surface area contributed by atoms with Gasteiger partial charge in [-0.05, 0) is 42.0 Å². The van der Waals surface area contributed by atoms with Crippen molar-refractivity contribution in [1.29, 1.82) is 0 Å². The van der Waals surface area contributed by atoms with E-state index in [9.17, 15) is 13.2 Å². The Morgan fingerprint density at radius 3 is 2.31 bits per heavy atom. The van der Waals surface area contributed by atoms with Crippen LogP contribution in [-0.4, -0.2) is 26.3 Å². The fraction of sp³-hybridized carbons (Fsp3) is 0.105. The number of hydrogen-bond donors (Lipinski definition) is 0. The first-order chi connectivity index (χ1) is 12.4. The molecule has 0 fully saturated rings. The lowest BCUT2D eigenvalue weighted by Crippen LogP contribution is -2.25. The summed E-state index contributed by atoms with van der Waals surface area (Å²) in [5.74, 6) is -0.398. The molecule has 1 heterocycles. The van der Waals surface area contributed by atoms with E-state index in [0.29, 0.717) is 6.54 Å². The predicted octanol–water partition coefficient (Wildman–Crippen LogP) is 4.15. The smallest absolute Gasteiger partial charge is 0.289 e. The Balaban J connectivity index is 1.80. The highest BCUT2D eigenvalue weighted by atomic mass is 79.9. The Morgan fingerprint density at radius 2 is 1.65 bits per heavy atom. The minimum atomic E-state index is -3.81. The molecule has 0 saturated carbocycles. The zero-order valence-electron chi connectivity index (χ0n) is 13.9. The highest BCUT2D eigenvalue weighted by Crippen LogP contribution is 2.25. The summed E-state index contributed by atoms with van der Waals surface area (Å²) in [6.45, 7) is 0.398. The number of hydrogen-bond acceptors (Lipinski definition) is 4. The van der Waals surface area contributed by atoms with E-state index in [1.165, 1.54) is 29.2 Å². The number of nitrogens with zero attached hydrogens (tertiary/aromatic N) is 1. The summed E-state index contributed by atoms with van der Waals surface area (Å²) in [6.07, 6.45) is 0. The molecule has 0 N–H and O–H groups in total. The van der Waals surface area contributed by atoms with Crippen LogP contribution in [0, 0.1) is 0 Å². The Kier molecular flexibility index (Phi) is 5.29. The Morgan fingerprint density at radius 1 is 1.00 bits per heavy atom. The van der Waals surface area contributed by atoms with Crippen molar-refractivity contribution in [3.8, 4) is 0 Å². The summed E-state index contributed by atoms with van der Waals surface area (Å²) < 4.78 is 31.4. The molecule has 0 radical (unpaired) electrons. The molecule has 0 atom stereocenters. The second kappa shape index (κ2) is 7.47. The third kappa shape index (κ3) is 3.89. The number of amides is 1. The number of halogens is 1. The molecule has 2 aromatic carbocycles. The molecule has 1 aromatic heterocycles. The predicted molar refractivity (Wildman–Crippen MR) is 101 cm³/mol. The van der Waals surface area contributed by atoms with E-state index < -0.39 is 9.84 Å². The van der Waals surface area contributed by atoms with E-state index in [1.54, 1.807) is 19.2 Å². The molecule has 0 spiro atoms. The zero-order valence-corrected chi connectivity index (χ0v) is 16.3. The number of carbonyl (C=O) groups is 1. The lowest BCUT2D eigenvalue weighted by Gasteiger charge is -2.15. The molecule has 7 heteroatoms. The molecular formula is C19H16BrNO4S. The van der Waals surface area contributed by atoms with Gasteiger partial charge in [-0.15, -0.1) is 0 Å². The van der Waals surface area contributed by atoms with Crippen molar-refractivity contribution in [3.63, 3.8) is 0 Å². The molecule has 0 aliphatic carbocycles. The summed E-state index contributed by atoms with van der Waals surface area (Å²) in [7, 11) is -2.17. The van der Waals surface area contributed by atoms with Gasteiger partial charge in [0.1, 0.15) is 0 Å². The minimum absolute atomic E-state index is 0.0147. The number of rotatable bonds is 5. The molecule has 0 aliphatic rings. The molecule has 134 valence electrons. The van der Waals surface area contributed by atoms with Crippen LogP contribution in [0.4, 0.5) is 0 Å². The number of benzene rings is 2. The average Bonchev–Trinajstić information content (AvgIpc) is 3.13. The largest absolute Gasteiger partial charge is 0.439 e. The van der Waals surface area contributed by atoms with E-state index in [-0.39, 0.29) is 21.7 Å². The summed E-state index contributed by atoms with van der Waals surface area (Å²) in [5.41, 5.74) is 0.970. The second-order valence-corrected chi connectivity index (χ2v) is 8.52. The highest BCUT2D eigenvalue weighted by molar-refractivity contribution is 9.10. The van der Waals surface area contributed by atoms with Gasteiger partial charge in [0.2, 0.25) is 14.9 Å². The van der Waals surface area contributed by atoms with E-state index in [0.717, 1.165) is 10.0 Å². The summed E-state index contributed by atoms with van der Waals surface area (Å²) >= 11 is 3.27. The molecule has 0 bridgehead atoms. The third-order valence-electron chi connectivity index (χ3n) is 3.79. The third-order valence-corrected chi connectivity index (χ3v) is 5.96. The van der Waals surface area contributed by atoms with Crippen LogP contribution in [0.25, 0.3) is 0 Å². The van der Waals surface area contributed by atoms with Crippen molar-refractivity contribution in [2.45, 2.75) is 16.5 Å². The van der Waals surface area contributed by atoms with Crippen molar-refractivity contribution in [3.05, 3.63) is 82.5 Å². The molecular weight excluding hydrogens is 418 g/mol. The second-order valence-electron chi connectivity index (χ2n) is 5.72. The molecule has 1 amide bonds. The summed E-state index contributed by atoms with van der Waals surface area (Å²) in [4.78, 5) is 14.1. The average molecular weight is 434 g/mol. The first-order valence-electron chi connectivity index (χ1n) is 7.78. The van der Waals surface area contributed by atoms with Gasteiger partial charge in [-0.25, -0.2) is 8.42 Å². The molecule has 26 heavy (non-hydrogen) atoms. The maximum Gasteiger partial charge on any atom is 0.289 e. The van der Waals surface area contributed by atoms with Crippen molar-refractivity contribution in [2.24, 2.45) is 0 Å². The Hall–Kier alpha value is -2.38. The maximum absolute atomic E-state index is 12.6. The quantitative estimate of drug-likeness (QED) is 0.605. The van der Waals surface area contributed by atoms with Crippen molar-refractivity contribution in [1.82, 2.24) is 4.90 Å². The van der Waals surface area contributed by atoms with Gasteiger partial charge in [0.15, 0.2) is 5.76 Å². The highest BCUT2D eigenvalue weighted by Gasteiger charge is 2.24. The van der Waals surface area contributed by atoms with Gasteiger partial charge < -0.3 is 9.32 Å². The van der Waals surface area contributed by atoms with Gasteiger partial charge in [-0.1, -0.05) is 46.3 Å². The van der Waals surface area contributed by atoms with Crippen LogP contribution in [0.1, 0.15) is 16.1 Å². The molecule has 0 aliphatic heterocycles. The van der Waals surface area contributed by atoms with Gasteiger partial charge in [0.05, 0.1) is 4.90 Å². The normalized spacial score (nSPS) is 11.3. The van der Waals surface area contributed by atoms with Gasteiger partial charge in [0, 0.05) is 18.1 Å². The van der Waals surface area contributed by atoms with E-state index in [1.807, 2.05) is 30.3 Å². The standard InChI is InChI=1S/C19H16BrNO4S/c1-21(13-14-5-3-2-4-6-14)19(22)17-11-12-18(25-17)26(23,24)16-9-7-15(20)8-10-16/h2-12H,13H2,1H3. The van der Waals surface area contributed by atoms with Crippen LogP contribution in [0.15, 0.2) is 85.6 Å². The molecule has 3 aromatic rings. The van der Waals surface area contributed by atoms with E-state index in [2.05, 4.69) is 15.9 Å². The fourth-order valence-electron chi connectivity index (χ4n) is 2.43. The van der Waals surface area contributed by atoms with E-state index in [4.69, 9.17) is 4.42 Å². The Labute approximate surface area is 160 Å². The number of carbonyl (C=O) groups excluding carboxylic acids is 1. The van der Waals surface area contributed by atoms with Crippen LogP contribution in [0.2, 0.25) is 0 Å². The van der Waals surface area contributed by atoms with Crippen LogP contribution < -0.4 is 0 Å². The number of furan rings is 1. The van der Waals surface area contributed by atoms with Gasteiger partial charge in [-0.2, -0.15) is 0 Å². The van der Waals surface area contributed by atoms with Crippen LogP contribution in [-0.2, 0) is 16.4 Å². The number of sulfone groups is 1. The first-order valence-corrected chi connectivity index (χ1v) is 10.1. The van der Waals surface area contributed by atoms with Crippen molar-refractivity contribution < 1.29 is 17.6 Å². The van der Waals surface area contributed by atoms with Crippen molar-refractivity contribution in [2.75, 3.05) is 7.05 Å². The molecule has 0 unspecified atom stereocenters. The SMILES string of the molecule is CN(Cc1ccccc1)C(=O)c1ccc(S(=O)(=O)c2ccc(Br)cc2)o1. The monoisotopic (exact) mass is 433 g/mol. The summed E-state index contributed by atoms with van der Waals surface area (Å²) in [6, 6.07) is 18.4. The Bertz CT molecular complexity index is 1010. The van der Waals surface area contributed by atoms with Crippen LogP contribution in [0.3, 0.4) is 0 Å². The van der Waals surface area contributed by atoms with Gasteiger partial charge in [-0.3, -0.25) is 4.79 Å². The van der Waals surface area contributed by atoms with E-state index >= 15 is 0 Å². The maximum atomic E-state index is 12.6. The van der Waals surface area contributed by atoms with Crippen LogP contribution in [0.5, 0.6) is 0 Å². The topological polar surface area (TPSA) is 67.6 Å². The van der Waals surface area contributed by atoms with Gasteiger partial charge in [0.25, 0.3) is 5.91 Å². The van der Waals surface area contributed by atoms with Crippen molar-refractivity contribution >= 4 is 31.7 Å². The molecule has 3 rings (SSSR count). The first kappa shape index (κ1) is 18.4. The fourth-order valence-corrected chi connectivity index (χ4v) is 3.86. The lowest BCUT2D eigenvalue weighted by molar-refractivity contribution is 0.0747.